The van der Waals surface area contributed by atoms with Crippen LogP contribution < -0.4 is 10.1 Å². The van der Waals surface area contributed by atoms with E-state index in [9.17, 15) is 9.18 Å². The third kappa shape index (κ3) is 5.10. The maximum Gasteiger partial charge on any atom is 0.267 e. The lowest BCUT2D eigenvalue weighted by atomic mass is 10.1. The molecule has 5 aromatic rings. The molecule has 0 aliphatic rings. The molecule has 9 heteroatoms. The highest BCUT2D eigenvalue weighted by molar-refractivity contribution is 7.13. The summed E-state index contributed by atoms with van der Waals surface area (Å²) in [6, 6.07) is 22.8. The van der Waals surface area contributed by atoms with E-state index in [2.05, 4.69) is 25.5 Å². The van der Waals surface area contributed by atoms with Gasteiger partial charge in [-0.1, -0.05) is 42.5 Å². The number of halogens is 1. The third-order valence-corrected chi connectivity index (χ3v) is 6.30. The third-order valence-electron chi connectivity index (χ3n) is 5.17. The van der Waals surface area contributed by atoms with Gasteiger partial charge in [-0.15, -0.1) is 11.3 Å². The average molecular weight is 486 g/mol. The fourth-order valence-electron chi connectivity index (χ4n) is 3.48. The fraction of sp³-hybridized carbons (Fsp3) is 0.0769. The summed E-state index contributed by atoms with van der Waals surface area (Å²) in [7, 11) is 0. The predicted molar refractivity (Wildman–Crippen MR) is 133 cm³/mol. The molecule has 0 unspecified atom stereocenters. The van der Waals surface area contributed by atoms with Crippen LogP contribution in [0, 0.1) is 12.7 Å². The zero-order valence-electron chi connectivity index (χ0n) is 18.7. The number of thiazole rings is 1. The number of hydrogen-bond donors (Lipinski definition) is 2. The molecule has 0 fully saturated rings. The number of para-hydroxylation sites is 1. The van der Waals surface area contributed by atoms with Crippen LogP contribution in [0.1, 0.15) is 20.4 Å². The van der Waals surface area contributed by atoms with Gasteiger partial charge in [0.25, 0.3) is 5.91 Å². The maximum atomic E-state index is 13.1. The number of carbonyl (C=O) groups excluding carboxylic acids is 1. The Hall–Kier alpha value is -4.37. The minimum Gasteiger partial charge on any atom is -0.486 e. The molecule has 0 radical (unpaired) electrons. The second-order valence-corrected chi connectivity index (χ2v) is 8.72. The number of hydrogen-bond acceptors (Lipinski definition) is 6. The number of anilines is 1. The molecule has 0 atom stereocenters. The first-order valence-electron chi connectivity index (χ1n) is 10.8. The summed E-state index contributed by atoms with van der Waals surface area (Å²) in [5, 5.41) is 10.9. The standard InChI is InChI=1S/C26H20FN5O2S/c1-16-23(35-22(28-16)15-34-19-13-11-18(27)12-14-19)26(33)29-21-10-6-5-9-20(21)25-30-24(31-32-25)17-7-3-2-4-8-17/h2-14H,15H2,1H3,(H,29,33)(H,30,31,32). The van der Waals surface area contributed by atoms with E-state index in [0.717, 1.165) is 11.1 Å². The number of ether oxygens (including phenoxy) is 1. The predicted octanol–water partition coefficient (Wildman–Crippen LogP) is 5.87. The highest BCUT2D eigenvalue weighted by Crippen LogP contribution is 2.28. The van der Waals surface area contributed by atoms with E-state index < -0.39 is 0 Å². The summed E-state index contributed by atoms with van der Waals surface area (Å²) in [6.07, 6.45) is 0. The van der Waals surface area contributed by atoms with E-state index in [1.807, 2.05) is 54.6 Å². The number of benzene rings is 3. The normalized spacial score (nSPS) is 10.8. The summed E-state index contributed by atoms with van der Waals surface area (Å²) in [5.74, 6) is 1.05. The molecule has 0 spiro atoms. The number of aromatic amines is 1. The number of aryl methyl sites for hydroxylation is 1. The van der Waals surface area contributed by atoms with Crippen LogP contribution in [0.5, 0.6) is 5.75 Å². The van der Waals surface area contributed by atoms with Gasteiger partial charge in [0.15, 0.2) is 11.6 Å². The van der Waals surface area contributed by atoms with E-state index in [1.54, 1.807) is 19.1 Å². The van der Waals surface area contributed by atoms with Crippen LogP contribution >= 0.6 is 11.3 Å². The van der Waals surface area contributed by atoms with Gasteiger partial charge in [0.1, 0.15) is 28.1 Å². The highest BCUT2D eigenvalue weighted by Gasteiger charge is 2.18. The molecule has 2 N–H and O–H groups in total. The summed E-state index contributed by atoms with van der Waals surface area (Å²) in [6.45, 7) is 1.96. The van der Waals surface area contributed by atoms with Crippen molar-refractivity contribution in [1.82, 2.24) is 20.2 Å². The lowest BCUT2D eigenvalue weighted by Gasteiger charge is -2.08. The fourth-order valence-corrected chi connectivity index (χ4v) is 4.35. The van der Waals surface area contributed by atoms with Crippen molar-refractivity contribution in [2.75, 3.05) is 5.32 Å². The van der Waals surface area contributed by atoms with E-state index in [0.29, 0.717) is 38.7 Å². The summed E-state index contributed by atoms with van der Waals surface area (Å²) >= 11 is 1.25. The van der Waals surface area contributed by atoms with Crippen molar-refractivity contribution < 1.29 is 13.9 Å². The zero-order chi connectivity index (χ0) is 24.2. The van der Waals surface area contributed by atoms with Crippen molar-refractivity contribution in [3.63, 3.8) is 0 Å². The Balaban J connectivity index is 1.32. The number of amides is 1. The quantitative estimate of drug-likeness (QED) is 0.301. The molecule has 3 aromatic carbocycles. The van der Waals surface area contributed by atoms with Crippen LogP contribution in [0.3, 0.4) is 0 Å². The van der Waals surface area contributed by atoms with Crippen molar-refractivity contribution in [3.05, 3.63) is 100 Å². The molecule has 0 aliphatic heterocycles. The Morgan fingerprint density at radius 3 is 2.54 bits per heavy atom. The van der Waals surface area contributed by atoms with Crippen molar-refractivity contribution >= 4 is 22.9 Å². The molecule has 0 bridgehead atoms. The smallest absolute Gasteiger partial charge is 0.267 e. The lowest BCUT2D eigenvalue weighted by molar-refractivity contribution is 0.103. The highest BCUT2D eigenvalue weighted by atomic mass is 32.1. The molecule has 2 heterocycles. The van der Waals surface area contributed by atoms with Crippen molar-refractivity contribution in [2.45, 2.75) is 13.5 Å². The van der Waals surface area contributed by atoms with E-state index in [-0.39, 0.29) is 18.3 Å². The van der Waals surface area contributed by atoms with Gasteiger partial charge in [0, 0.05) is 11.1 Å². The molecule has 0 saturated heterocycles. The Morgan fingerprint density at radius 1 is 1.00 bits per heavy atom. The van der Waals surface area contributed by atoms with Crippen LogP contribution in [-0.2, 0) is 6.61 Å². The zero-order valence-corrected chi connectivity index (χ0v) is 19.5. The molecule has 2 aromatic heterocycles. The first-order chi connectivity index (χ1) is 17.1. The Labute approximate surface area is 204 Å². The van der Waals surface area contributed by atoms with Crippen LogP contribution in [0.25, 0.3) is 22.8 Å². The van der Waals surface area contributed by atoms with Gasteiger partial charge < -0.3 is 10.1 Å². The number of carbonyl (C=O) groups is 1. The van der Waals surface area contributed by atoms with Gasteiger partial charge >= 0.3 is 0 Å². The van der Waals surface area contributed by atoms with Gasteiger partial charge in [-0.3, -0.25) is 9.89 Å². The van der Waals surface area contributed by atoms with Gasteiger partial charge in [0.2, 0.25) is 0 Å². The average Bonchev–Trinajstić information content (AvgIpc) is 3.52. The molecular weight excluding hydrogens is 465 g/mol. The number of nitrogens with one attached hydrogen (secondary N) is 2. The SMILES string of the molecule is Cc1nc(COc2ccc(F)cc2)sc1C(=O)Nc1ccccc1-c1nc(-c2ccccc2)n[nH]1. The molecule has 0 aliphatic carbocycles. The Bertz CT molecular complexity index is 1460. The van der Waals surface area contributed by atoms with Crippen molar-refractivity contribution in [1.29, 1.82) is 0 Å². The first-order valence-corrected chi connectivity index (χ1v) is 11.6. The Morgan fingerprint density at radius 2 is 1.74 bits per heavy atom. The van der Waals surface area contributed by atoms with Crippen LogP contribution in [-0.4, -0.2) is 26.1 Å². The molecule has 174 valence electrons. The molecule has 0 saturated carbocycles. The molecule has 5 rings (SSSR count). The van der Waals surface area contributed by atoms with Crippen molar-refractivity contribution in [3.8, 4) is 28.5 Å². The van der Waals surface area contributed by atoms with Crippen LogP contribution in [0.4, 0.5) is 10.1 Å². The second-order valence-electron chi connectivity index (χ2n) is 7.64. The van der Waals surface area contributed by atoms with Gasteiger partial charge in [-0.2, -0.15) is 5.10 Å². The molecule has 1 amide bonds. The molecular formula is C26H20FN5O2S. The number of H-pyrrole nitrogens is 1. The number of nitrogens with zero attached hydrogens (tertiary/aromatic N) is 3. The van der Waals surface area contributed by atoms with Gasteiger partial charge in [0.05, 0.1) is 11.4 Å². The Kier molecular flexibility index (Phi) is 6.32. The first kappa shape index (κ1) is 22.4. The summed E-state index contributed by atoms with van der Waals surface area (Å²) in [5.41, 5.74) is 2.82. The minimum absolute atomic E-state index is 0.182. The van der Waals surface area contributed by atoms with Crippen molar-refractivity contribution in [2.24, 2.45) is 0 Å². The van der Waals surface area contributed by atoms with Crippen LogP contribution in [0.15, 0.2) is 78.9 Å². The second kappa shape index (κ2) is 9.86. The maximum absolute atomic E-state index is 13.1. The largest absolute Gasteiger partial charge is 0.486 e. The van der Waals surface area contributed by atoms with E-state index >= 15 is 0 Å². The minimum atomic E-state index is -0.330. The summed E-state index contributed by atoms with van der Waals surface area (Å²) < 4.78 is 18.7. The molecule has 7 nitrogen and oxygen atoms in total. The number of rotatable bonds is 7. The monoisotopic (exact) mass is 485 g/mol. The number of aromatic nitrogens is 4. The van der Waals surface area contributed by atoms with Gasteiger partial charge in [-0.25, -0.2) is 14.4 Å². The molecule has 35 heavy (non-hydrogen) atoms. The van der Waals surface area contributed by atoms with E-state index in [1.165, 1.54) is 23.5 Å². The summed E-state index contributed by atoms with van der Waals surface area (Å²) in [4.78, 5) is 22.6. The lowest BCUT2D eigenvalue weighted by Crippen LogP contribution is -2.12. The topological polar surface area (TPSA) is 92.8 Å². The van der Waals surface area contributed by atoms with Crippen LogP contribution in [0.2, 0.25) is 0 Å². The van der Waals surface area contributed by atoms with Gasteiger partial charge in [-0.05, 0) is 43.3 Å². The van der Waals surface area contributed by atoms with E-state index in [4.69, 9.17) is 4.74 Å².